The molecule has 0 aliphatic carbocycles. The lowest BCUT2D eigenvalue weighted by molar-refractivity contribution is -0.137. The average Bonchev–Trinajstić information content (AvgIpc) is 2.21. The quantitative estimate of drug-likeness (QED) is 0.266. The number of carbonyl (C=O) groups is 1. The van der Waals surface area contributed by atoms with E-state index in [1.54, 1.807) is 0 Å². The molecule has 0 aromatic rings. The van der Waals surface area contributed by atoms with Gasteiger partial charge >= 0.3 is 7.82 Å². The fourth-order valence-electron chi connectivity index (χ4n) is 0.919. The molecular weight excluding hydrogens is 257 g/mol. The van der Waals surface area contributed by atoms with Crippen LogP contribution in [0.25, 0.3) is 0 Å². The molecule has 0 aliphatic heterocycles. The van der Waals surface area contributed by atoms with E-state index in [4.69, 9.17) is 20.6 Å². The van der Waals surface area contributed by atoms with Crippen molar-refractivity contribution in [1.82, 2.24) is 0 Å². The summed E-state index contributed by atoms with van der Waals surface area (Å²) in [6, 6.07) is -1.27. The highest BCUT2D eigenvalue weighted by atomic mass is 31.2. The SMILES string of the molecule is CC(O)[C@H](N)[C@@H](O)[C@H](O)C(=O)COP(=O)(O)O. The number of hydrogen-bond donors (Lipinski definition) is 6. The molecule has 10 heteroatoms. The molecule has 102 valence electrons. The highest BCUT2D eigenvalue weighted by molar-refractivity contribution is 7.46. The lowest BCUT2D eigenvalue weighted by atomic mass is 9.99. The summed E-state index contributed by atoms with van der Waals surface area (Å²) in [5, 5.41) is 27.6. The maximum Gasteiger partial charge on any atom is 0.470 e. The molecular formula is C7H16NO8P. The molecule has 0 rings (SSSR count). The minimum absolute atomic E-state index is 1.07. The van der Waals surface area contributed by atoms with Gasteiger partial charge in [0.1, 0.15) is 18.8 Å². The number of aliphatic hydroxyl groups is 3. The van der Waals surface area contributed by atoms with Crippen LogP contribution >= 0.6 is 7.82 Å². The Labute approximate surface area is 97.1 Å². The molecule has 7 N–H and O–H groups in total. The Balaban J connectivity index is 4.35. The van der Waals surface area contributed by atoms with Gasteiger partial charge in [0.25, 0.3) is 0 Å². The van der Waals surface area contributed by atoms with Crippen LogP contribution in [0.5, 0.6) is 0 Å². The molecule has 0 amide bonds. The van der Waals surface area contributed by atoms with Crippen LogP contribution in [0.2, 0.25) is 0 Å². The Hall–Kier alpha value is -0.380. The first kappa shape index (κ1) is 16.6. The number of aliphatic hydroxyl groups excluding tert-OH is 3. The lowest BCUT2D eigenvalue weighted by Crippen LogP contribution is -2.52. The monoisotopic (exact) mass is 273 g/mol. The van der Waals surface area contributed by atoms with Crippen molar-refractivity contribution in [3.8, 4) is 0 Å². The van der Waals surface area contributed by atoms with Crippen molar-refractivity contribution >= 4 is 13.6 Å². The summed E-state index contributed by atoms with van der Waals surface area (Å²) in [7, 11) is -4.83. The summed E-state index contributed by atoms with van der Waals surface area (Å²) in [6.07, 6.45) is -4.93. The number of nitrogens with two attached hydrogens (primary N) is 1. The van der Waals surface area contributed by atoms with Gasteiger partial charge in [0.05, 0.1) is 12.1 Å². The predicted octanol–water partition coefficient (Wildman–Crippen LogP) is -2.91. The Morgan fingerprint density at radius 1 is 1.35 bits per heavy atom. The van der Waals surface area contributed by atoms with Crippen LogP contribution in [0, 0.1) is 0 Å². The number of phosphoric acid groups is 1. The minimum atomic E-state index is -4.83. The molecule has 9 nitrogen and oxygen atoms in total. The van der Waals surface area contributed by atoms with Gasteiger partial charge in [-0.3, -0.25) is 9.32 Å². The molecule has 0 spiro atoms. The number of rotatable bonds is 7. The van der Waals surface area contributed by atoms with Crippen LogP contribution in [0.15, 0.2) is 0 Å². The van der Waals surface area contributed by atoms with Crippen LogP contribution in [0.4, 0.5) is 0 Å². The van der Waals surface area contributed by atoms with Gasteiger partial charge < -0.3 is 30.8 Å². The van der Waals surface area contributed by atoms with E-state index in [9.17, 15) is 19.6 Å². The van der Waals surface area contributed by atoms with Crippen LogP contribution in [0.3, 0.4) is 0 Å². The Bertz CT molecular complexity index is 302. The molecule has 0 aromatic carbocycles. The van der Waals surface area contributed by atoms with Crippen LogP contribution < -0.4 is 5.73 Å². The molecule has 0 heterocycles. The molecule has 0 aliphatic rings. The molecule has 4 atom stereocenters. The highest BCUT2D eigenvalue weighted by Gasteiger charge is 2.32. The smallest absolute Gasteiger partial charge is 0.392 e. The van der Waals surface area contributed by atoms with Crippen LogP contribution in [-0.4, -0.2) is 61.9 Å². The Morgan fingerprint density at radius 3 is 2.18 bits per heavy atom. The van der Waals surface area contributed by atoms with E-state index in [-0.39, 0.29) is 0 Å². The number of phosphoric ester groups is 1. The average molecular weight is 273 g/mol. The summed E-state index contributed by atoms with van der Waals surface area (Å²) in [5.41, 5.74) is 5.27. The largest absolute Gasteiger partial charge is 0.470 e. The van der Waals surface area contributed by atoms with Crippen molar-refractivity contribution in [2.75, 3.05) is 6.61 Å². The fourth-order valence-corrected chi connectivity index (χ4v) is 1.21. The molecule has 0 aromatic heterocycles. The second kappa shape index (κ2) is 6.53. The number of ketones is 1. The molecule has 0 saturated heterocycles. The first-order chi connectivity index (χ1) is 7.56. The second-order valence-corrected chi connectivity index (χ2v) is 4.72. The van der Waals surface area contributed by atoms with Gasteiger partial charge in [-0.2, -0.15) is 0 Å². The summed E-state index contributed by atoms with van der Waals surface area (Å²) < 4.78 is 14.1. The third kappa shape index (κ3) is 6.20. The van der Waals surface area contributed by atoms with Crippen molar-refractivity contribution < 1.29 is 39.0 Å². The van der Waals surface area contributed by atoms with Crippen molar-refractivity contribution in [3.63, 3.8) is 0 Å². The van der Waals surface area contributed by atoms with Gasteiger partial charge in [0, 0.05) is 0 Å². The van der Waals surface area contributed by atoms with E-state index >= 15 is 0 Å². The maximum absolute atomic E-state index is 11.1. The standard InChI is InChI=1S/C7H16NO8P/c1-3(9)5(8)7(12)6(11)4(10)2-16-17(13,14)15/h3,5-7,9,11-12H,2,8H2,1H3,(H2,13,14,15)/t3?,5-,6+,7+/m0/s1. The predicted molar refractivity (Wildman–Crippen MR) is 54.7 cm³/mol. The number of carbonyl (C=O) groups excluding carboxylic acids is 1. The molecule has 0 bridgehead atoms. The van der Waals surface area contributed by atoms with Gasteiger partial charge in [-0.1, -0.05) is 0 Å². The van der Waals surface area contributed by atoms with Crippen molar-refractivity contribution in [1.29, 1.82) is 0 Å². The number of hydrogen-bond acceptors (Lipinski definition) is 7. The molecule has 17 heavy (non-hydrogen) atoms. The first-order valence-electron chi connectivity index (χ1n) is 4.59. The van der Waals surface area contributed by atoms with Gasteiger partial charge in [0.2, 0.25) is 0 Å². The summed E-state index contributed by atoms with van der Waals surface area (Å²) >= 11 is 0. The first-order valence-corrected chi connectivity index (χ1v) is 6.12. The third-order valence-corrected chi connectivity index (χ3v) is 2.45. The van der Waals surface area contributed by atoms with E-state index in [2.05, 4.69) is 4.52 Å². The maximum atomic E-state index is 11.1. The van der Waals surface area contributed by atoms with E-state index < -0.39 is 44.6 Å². The summed E-state index contributed by atoms with van der Waals surface area (Å²) in [4.78, 5) is 27.8. The Morgan fingerprint density at radius 2 is 1.82 bits per heavy atom. The number of Topliss-reactive ketones (excluding diaryl/α,β-unsaturated/α-hetero) is 1. The lowest BCUT2D eigenvalue weighted by Gasteiger charge is -2.24. The molecule has 1 unspecified atom stereocenters. The van der Waals surface area contributed by atoms with Gasteiger partial charge in [0.15, 0.2) is 5.78 Å². The van der Waals surface area contributed by atoms with Crippen molar-refractivity contribution in [2.45, 2.75) is 31.3 Å². The normalized spacial score (nSPS) is 19.5. The van der Waals surface area contributed by atoms with Crippen LogP contribution in [-0.2, 0) is 13.9 Å². The highest BCUT2D eigenvalue weighted by Crippen LogP contribution is 2.35. The molecule has 0 fully saturated rings. The minimum Gasteiger partial charge on any atom is -0.392 e. The van der Waals surface area contributed by atoms with Crippen LogP contribution in [0.1, 0.15) is 6.92 Å². The van der Waals surface area contributed by atoms with Crippen molar-refractivity contribution in [3.05, 3.63) is 0 Å². The van der Waals surface area contributed by atoms with Crippen molar-refractivity contribution in [2.24, 2.45) is 5.73 Å². The van der Waals surface area contributed by atoms with E-state index in [0.717, 1.165) is 0 Å². The zero-order chi connectivity index (χ0) is 13.8. The topological polar surface area (TPSA) is 171 Å². The second-order valence-electron chi connectivity index (χ2n) is 3.48. The van der Waals surface area contributed by atoms with E-state index in [1.807, 2.05) is 0 Å². The third-order valence-electron chi connectivity index (χ3n) is 1.98. The van der Waals surface area contributed by atoms with Gasteiger partial charge in [-0.15, -0.1) is 0 Å². The van der Waals surface area contributed by atoms with E-state index in [0.29, 0.717) is 0 Å². The van der Waals surface area contributed by atoms with Gasteiger partial charge in [-0.05, 0) is 6.92 Å². The summed E-state index contributed by atoms with van der Waals surface area (Å²) in [6.45, 7) is 0.173. The van der Waals surface area contributed by atoms with E-state index in [1.165, 1.54) is 6.92 Å². The zero-order valence-electron chi connectivity index (χ0n) is 9.00. The summed E-state index contributed by atoms with van der Waals surface area (Å²) in [5.74, 6) is -1.16. The molecule has 0 saturated carbocycles. The molecule has 0 radical (unpaired) electrons. The zero-order valence-corrected chi connectivity index (χ0v) is 9.90. The Kier molecular flexibility index (Phi) is 6.38. The fraction of sp³-hybridized carbons (Fsp3) is 0.857. The van der Waals surface area contributed by atoms with Gasteiger partial charge in [-0.25, -0.2) is 4.57 Å².